The second kappa shape index (κ2) is 6.32. The summed E-state index contributed by atoms with van der Waals surface area (Å²) in [6.07, 6.45) is -4.91. The zero-order chi connectivity index (χ0) is 16.4. The van der Waals surface area contributed by atoms with Crippen molar-refractivity contribution in [3.8, 4) is 5.75 Å². The van der Waals surface area contributed by atoms with Gasteiger partial charge in [-0.2, -0.15) is 0 Å². The van der Waals surface area contributed by atoms with Crippen molar-refractivity contribution in [2.75, 3.05) is 4.72 Å². The number of halogens is 4. The number of anilines is 1. The number of para-hydroxylation sites is 2. The first-order valence-electron chi connectivity index (χ1n) is 5.80. The Balaban J connectivity index is 2.32. The van der Waals surface area contributed by atoms with Crippen LogP contribution >= 0.6 is 22.6 Å². The summed E-state index contributed by atoms with van der Waals surface area (Å²) < 4.78 is 68.1. The molecule has 0 aliphatic heterocycles. The zero-order valence-electron chi connectivity index (χ0n) is 10.8. The molecule has 0 saturated carbocycles. The van der Waals surface area contributed by atoms with Gasteiger partial charge in [-0.15, -0.1) is 13.2 Å². The number of nitrogens with one attached hydrogen (secondary N) is 1. The molecule has 0 saturated heterocycles. The normalized spacial score (nSPS) is 12.0. The molecule has 0 amide bonds. The number of hydrogen-bond acceptors (Lipinski definition) is 3. The van der Waals surface area contributed by atoms with Crippen LogP contribution in [0.5, 0.6) is 5.75 Å². The maximum atomic E-state index is 12.3. The van der Waals surface area contributed by atoms with Gasteiger partial charge in [0.2, 0.25) is 0 Å². The van der Waals surface area contributed by atoms with E-state index < -0.39 is 22.1 Å². The molecule has 0 unspecified atom stereocenters. The molecule has 118 valence electrons. The van der Waals surface area contributed by atoms with Crippen molar-refractivity contribution in [3.63, 3.8) is 0 Å². The van der Waals surface area contributed by atoms with Crippen molar-refractivity contribution in [2.24, 2.45) is 0 Å². The van der Waals surface area contributed by atoms with E-state index in [1.807, 2.05) is 22.6 Å². The van der Waals surface area contributed by atoms with Gasteiger partial charge in [0, 0.05) is 3.57 Å². The lowest BCUT2D eigenvalue weighted by molar-refractivity contribution is -0.274. The van der Waals surface area contributed by atoms with E-state index >= 15 is 0 Å². The van der Waals surface area contributed by atoms with Crippen molar-refractivity contribution >= 4 is 38.3 Å². The Labute approximate surface area is 138 Å². The van der Waals surface area contributed by atoms with Crippen LogP contribution in [0.1, 0.15) is 0 Å². The van der Waals surface area contributed by atoms with Gasteiger partial charge in [0.25, 0.3) is 10.0 Å². The molecule has 2 aromatic rings. The summed E-state index contributed by atoms with van der Waals surface area (Å²) in [5.41, 5.74) is -0.293. The molecular formula is C13H9F3INO3S. The Hall–Kier alpha value is -1.49. The minimum Gasteiger partial charge on any atom is -0.404 e. The molecular weight excluding hydrogens is 434 g/mol. The van der Waals surface area contributed by atoms with Crippen molar-refractivity contribution in [1.29, 1.82) is 0 Å². The van der Waals surface area contributed by atoms with Crippen LogP contribution in [0.15, 0.2) is 53.4 Å². The molecule has 22 heavy (non-hydrogen) atoms. The van der Waals surface area contributed by atoms with Crippen LogP contribution in [-0.4, -0.2) is 14.8 Å². The molecule has 0 aromatic heterocycles. The highest BCUT2D eigenvalue weighted by atomic mass is 127. The third-order valence-electron chi connectivity index (χ3n) is 2.48. The molecule has 2 rings (SSSR count). The van der Waals surface area contributed by atoms with Gasteiger partial charge in [-0.3, -0.25) is 4.72 Å². The van der Waals surface area contributed by atoms with Crippen molar-refractivity contribution < 1.29 is 26.3 Å². The van der Waals surface area contributed by atoms with E-state index in [9.17, 15) is 21.6 Å². The highest BCUT2D eigenvalue weighted by molar-refractivity contribution is 14.1. The van der Waals surface area contributed by atoms with Crippen LogP contribution in [0.2, 0.25) is 0 Å². The Kier molecular flexibility index (Phi) is 4.85. The van der Waals surface area contributed by atoms with Gasteiger partial charge in [0.1, 0.15) is 0 Å². The van der Waals surface area contributed by atoms with Crippen LogP contribution in [0, 0.1) is 3.57 Å². The van der Waals surface area contributed by atoms with Gasteiger partial charge in [0.05, 0.1) is 10.6 Å². The summed E-state index contributed by atoms with van der Waals surface area (Å²) in [6.45, 7) is 0. The fraction of sp³-hybridized carbons (Fsp3) is 0.0769. The van der Waals surface area contributed by atoms with E-state index in [1.54, 1.807) is 12.1 Å². The summed E-state index contributed by atoms with van der Waals surface area (Å²) in [5.74, 6) is -0.621. The highest BCUT2D eigenvalue weighted by Gasteiger charge is 2.32. The predicted molar refractivity (Wildman–Crippen MR) is 83.1 cm³/mol. The van der Waals surface area contributed by atoms with Gasteiger partial charge in [-0.1, -0.05) is 12.1 Å². The van der Waals surface area contributed by atoms with E-state index in [2.05, 4.69) is 9.46 Å². The molecule has 4 nitrogen and oxygen atoms in total. The van der Waals surface area contributed by atoms with Gasteiger partial charge in [-0.05, 0) is 59.0 Å². The fourth-order valence-electron chi connectivity index (χ4n) is 1.58. The Morgan fingerprint density at radius 2 is 1.59 bits per heavy atom. The van der Waals surface area contributed by atoms with E-state index in [4.69, 9.17) is 0 Å². The van der Waals surface area contributed by atoms with E-state index in [0.29, 0.717) is 0 Å². The maximum Gasteiger partial charge on any atom is 0.573 e. The quantitative estimate of drug-likeness (QED) is 0.728. The van der Waals surface area contributed by atoms with Gasteiger partial charge in [0.15, 0.2) is 5.75 Å². The molecule has 0 heterocycles. The number of sulfonamides is 1. The molecule has 0 atom stereocenters. The van der Waals surface area contributed by atoms with E-state index in [1.165, 1.54) is 30.3 Å². The van der Waals surface area contributed by atoms with Crippen molar-refractivity contribution in [1.82, 2.24) is 0 Å². The van der Waals surface area contributed by atoms with Crippen LogP contribution < -0.4 is 9.46 Å². The average molecular weight is 443 g/mol. The van der Waals surface area contributed by atoms with Gasteiger partial charge in [-0.25, -0.2) is 8.42 Å². The lowest BCUT2D eigenvalue weighted by Gasteiger charge is -2.14. The lowest BCUT2D eigenvalue weighted by Crippen LogP contribution is -2.19. The summed E-state index contributed by atoms with van der Waals surface area (Å²) in [6, 6.07) is 10.8. The second-order valence-electron chi connectivity index (χ2n) is 4.10. The SMILES string of the molecule is O=S(=O)(Nc1ccccc1OC(F)(F)F)c1ccc(I)cc1. The monoisotopic (exact) mass is 443 g/mol. The molecule has 1 N–H and O–H groups in total. The third kappa shape index (κ3) is 4.50. The molecule has 0 aliphatic rings. The highest BCUT2D eigenvalue weighted by Crippen LogP contribution is 2.31. The first-order valence-corrected chi connectivity index (χ1v) is 8.37. The van der Waals surface area contributed by atoms with E-state index in [-0.39, 0.29) is 10.6 Å². The Morgan fingerprint density at radius 3 is 2.18 bits per heavy atom. The van der Waals surface area contributed by atoms with Crippen LogP contribution in [0.4, 0.5) is 18.9 Å². The molecule has 0 spiro atoms. The first-order chi connectivity index (χ1) is 10.2. The summed E-state index contributed by atoms with van der Waals surface area (Å²) >= 11 is 2.01. The summed E-state index contributed by atoms with van der Waals surface area (Å²) in [5, 5.41) is 0. The van der Waals surface area contributed by atoms with Crippen LogP contribution in [0.3, 0.4) is 0 Å². The van der Waals surface area contributed by atoms with Crippen LogP contribution in [0.25, 0.3) is 0 Å². The smallest absolute Gasteiger partial charge is 0.404 e. The predicted octanol–water partition coefficient (Wildman–Crippen LogP) is 3.99. The zero-order valence-corrected chi connectivity index (χ0v) is 13.7. The third-order valence-corrected chi connectivity index (χ3v) is 4.58. The standard InChI is InChI=1S/C13H9F3INO3S/c14-13(15,16)21-12-4-2-1-3-11(12)18-22(19,20)10-7-5-9(17)6-8-10/h1-8,18H. The molecule has 0 aliphatic carbocycles. The van der Waals surface area contributed by atoms with E-state index in [0.717, 1.165) is 9.64 Å². The molecule has 9 heteroatoms. The first kappa shape index (κ1) is 16.9. The Bertz CT molecular complexity index is 761. The fourth-order valence-corrected chi connectivity index (χ4v) is 3.01. The number of hydrogen-bond donors (Lipinski definition) is 1. The van der Waals surface area contributed by atoms with Crippen molar-refractivity contribution in [2.45, 2.75) is 11.3 Å². The second-order valence-corrected chi connectivity index (χ2v) is 7.03. The maximum absolute atomic E-state index is 12.3. The number of rotatable bonds is 4. The molecule has 0 bridgehead atoms. The molecule has 0 fully saturated rings. The van der Waals surface area contributed by atoms with Crippen LogP contribution in [-0.2, 0) is 10.0 Å². The molecule has 0 radical (unpaired) electrons. The van der Waals surface area contributed by atoms with Gasteiger partial charge < -0.3 is 4.74 Å². The number of ether oxygens (including phenoxy) is 1. The van der Waals surface area contributed by atoms with Crippen molar-refractivity contribution in [3.05, 3.63) is 52.1 Å². The molecule has 2 aromatic carbocycles. The minimum absolute atomic E-state index is 0.0604. The summed E-state index contributed by atoms with van der Waals surface area (Å²) in [7, 11) is -4.01. The summed E-state index contributed by atoms with van der Waals surface area (Å²) in [4.78, 5) is -0.0604. The minimum atomic E-state index is -4.91. The topological polar surface area (TPSA) is 55.4 Å². The largest absolute Gasteiger partial charge is 0.573 e. The Morgan fingerprint density at radius 1 is 1.00 bits per heavy atom. The number of alkyl halides is 3. The lowest BCUT2D eigenvalue weighted by atomic mass is 10.3. The number of benzene rings is 2. The van der Waals surface area contributed by atoms with Gasteiger partial charge >= 0.3 is 6.36 Å². The average Bonchev–Trinajstić information content (AvgIpc) is 2.39.